The van der Waals surface area contributed by atoms with Crippen LogP contribution in [0.4, 0.5) is 13.2 Å². The monoisotopic (exact) mass is 353 g/mol. The van der Waals surface area contributed by atoms with Crippen molar-refractivity contribution in [3.05, 3.63) is 47.7 Å². The lowest BCUT2D eigenvalue weighted by atomic mass is 10.0. The number of rotatable bonds is 6. The number of hydrogen-bond donors (Lipinski definition) is 0. The van der Waals surface area contributed by atoms with E-state index in [2.05, 4.69) is 4.98 Å². The number of aromatic nitrogens is 1. The zero-order valence-electron chi connectivity index (χ0n) is 13.9. The van der Waals surface area contributed by atoms with Gasteiger partial charge in [-0.25, -0.2) is 4.98 Å². The first-order valence-electron chi connectivity index (χ1n) is 7.72. The Bertz CT molecular complexity index is 745. The number of carbonyl (C=O) groups is 1. The number of esters is 1. The van der Waals surface area contributed by atoms with Gasteiger partial charge in [0.1, 0.15) is 11.4 Å². The lowest BCUT2D eigenvalue weighted by Crippen LogP contribution is -2.11. The molecule has 4 nitrogen and oxygen atoms in total. The van der Waals surface area contributed by atoms with Gasteiger partial charge in [0.15, 0.2) is 0 Å². The summed E-state index contributed by atoms with van der Waals surface area (Å²) in [4.78, 5) is 15.3. The largest absolute Gasteiger partial charge is 0.497 e. The molecule has 134 valence electrons. The van der Waals surface area contributed by atoms with Gasteiger partial charge < -0.3 is 9.47 Å². The van der Waals surface area contributed by atoms with Gasteiger partial charge in [0.25, 0.3) is 0 Å². The number of nitrogens with zero attached hydrogens (tertiary/aromatic N) is 1. The topological polar surface area (TPSA) is 48.4 Å². The van der Waals surface area contributed by atoms with E-state index in [4.69, 9.17) is 9.47 Å². The van der Waals surface area contributed by atoms with Crippen molar-refractivity contribution in [1.29, 1.82) is 0 Å². The fourth-order valence-electron chi connectivity index (χ4n) is 2.34. The molecular formula is C18H18F3NO3. The summed E-state index contributed by atoms with van der Waals surface area (Å²) in [5.74, 6) is 0.104. The molecular weight excluding hydrogens is 335 g/mol. The number of methoxy groups -OCH3 is 1. The second-order valence-electron chi connectivity index (χ2n) is 5.24. The van der Waals surface area contributed by atoms with E-state index < -0.39 is 17.8 Å². The summed E-state index contributed by atoms with van der Waals surface area (Å²) < 4.78 is 49.0. The lowest BCUT2D eigenvalue weighted by molar-refractivity contribution is -0.143. The molecule has 7 heteroatoms. The van der Waals surface area contributed by atoms with E-state index in [1.165, 1.54) is 13.2 Å². The lowest BCUT2D eigenvalue weighted by Gasteiger charge is -2.13. The van der Waals surface area contributed by atoms with Crippen molar-refractivity contribution in [3.8, 4) is 17.0 Å². The summed E-state index contributed by atoms with van der Waals surface area (Å²) >= 11 is 0. The number of carbonyl (C=O) groups excluding carboxylic acids is 1. The van der Waals surface area contributed by atoms with E-state index in [0.717, 1.165) is 6.07 Å². The zero-order valence-corrected chi connectivity index (χ0v) is 13.9. The van der Waals surface area contributed by atoms with Crippen molar-refractivity contribution in [2.75, 3.05) is 13.7 Å². The number of benzene rings is 1. The number of hydrogen-bond acceptors (Lipinski definition) is 4. The van der Waals surface area contributed by atoms with Gasteiger partial charge in [-0.15, -0.1) is 0 Å². The minimum absolute atomic E-state index is 0.0673. The Kier molecular flexibility index (Phi) is 6.01. The van der Waals surface area contributed by atoms with Gasteiger partial charge in [0, 0.05) is 12.0 Å². The fraction of sp³-hybridized carbons (Fsp3) is 0.333. The third-order valence-electron chi connectivity index (χ3n) is 3.52. The van der Waals surface area contributed by atoms with E-state index >= 15 is 0 Å². The van der Waals surface area contributed by atoms with Crippen molar-refractivity contribution in [1.82, 2.24) is 4.98 Å². The summed E-state index contributed by atoms with van der Waals surface area (Å²) in [6.07, 6.45) is -4.25. The molecule has 1 heterocycles. The van der Waals surface area contributed by atoms with E-state index in [1.807, 2.05) is 0 Å². The molecule has 0 N–H and O–H groups in total. The van der Waals surface area contributed by atoms with Crippen LogP contribution in [0.15, 0.2) is 36.4 Å². The van der Waals surface area contributed by atoms with Crippen molar-refractivity contribution in [2.45, 2.75) is 25.9 Å². The molecule has 0 radical (unpaired) electrons. The molecule has 1 aromatic heterocycles. The highest BCUT2D eigenvalue weighted by Crippen LogP contribution is 2.32. The molecule has 2 rings (SSSR count). The Labute approximate surface area is 143 Å². The molecule has 0 bridgehead atoms. The summed E-state index contributed by atoms with van der Waals surface area (Å²) in [7, 11) is 1.47. The highest BCUT2D eigenvalue weighted by Gasteiger charge is 2.33. The Morgan fingerprint density at radius 2 is 1.96 bits per heavy atom. The van der Waals surface area contributed by atoms with Crippen molar-refractivity contribution < 1.29 is 27.4 Å². The molecule has 1 aromatic carbocycles. The van der Waals surface area contributed by atoms with Crippen LogP contribution in [-0.4, -0.2) is 24.7 Å². The normalized spacial score (nSPS) is 11.2. The van der Waals surface area contributed by atoms with Gasteiger partial charge in [-0.2, -0.15) is 13.2 Å². The molecule has 0 atom stereocenters. The number of halogens is 3. The molecule has 0 unspecified atom stereocenters. The highest BCUT2D eigenvalue weighted by atomic mass is 19.4. The maximum absolute atomic E-state index is 13.0. The predicted molar refractivity (Wildman–Crippen MR) is 86.2 cm³/mol. The first kappa shape index (κ1) is 18.8. The van der Waals surface area contributed by atoms with Crippen LogP contribution in [0.1, 0.15) is 24.6 Å². The van der Waals surface area contributed by atoms with Crippen LogP contribution in [-0.2, 0) is 22.1 Å². The van der Waals surface area contributed by atoms with Crippen molar-refractivity contribution in [2.24, 2.45) is 0 Å². The van der Waals surface area contributed by atoms with Crippen LogP contribution < -0.4 is 4.74 Å². The van der Waals surface area contributed by atoms with Crippen molar-refractivity contribution in [3.63, 3.8) is 0 Å². The van der Waals surface area contributed by atoms with Crippen LogP contribution in [0.5, 0.6) is 5.75 Å². The van der Waals surface area contributed by atoms with Crippen molar-refractivity contribution >= 4 is 5.97 Å². The van der Waals surface area contributed by atoms with Crippen LogP contribution in [0, 0.1) is 0 Å². The first-order valence-corrected chi connectivity index (χ1v) is 7.72. The molecule has 0 saturated carbocycles. The molecule has 0 aliphatic rings. The number of alkyl halides is 3. The number of ether oxygens (including phenoxy) is 2. The average Bonchev–Trinajstić information content (AvgIpc) is 2.59. The molecule has 25 heavy (non-hydrogen) atoms. The minimum atomic E-state index is -4.55. The average molecular weight is 353 g/mol. The van der Waals surface area contributed by atoms with Gasteiger partial charge in [-0.3, -0.25) is 4.79 Å². The predicted octanol–water partition coefficient (Wildman–Crippen LogP) is 4.27. The summed E-state index contributed by atoms with van der Waals surface area (Å²) in [5.41, 5.74) is 0.224. The molecule has 0 saturated heterocycles. The number of aryl methyl sites for hydroxylation is 1. The second kappa shape index (κ2) is 8.00. The fourth-order valence-corrected chi connectivity index (χ4v) is 2.34. The second-order valence-corrected chi connectivity index (χ2v) is 5.24. The highest BCUT2D eigenvalue weighted by molar-refractivity contribution is 5.71. The maximum atomic E-state index is 13.0. The zero-order chi connectivity index (χ0) is 18.4. The van der Waals surface area contributed by atoms with E-state index in [0.29, 0.717) is 16.9 Å². The Hall–Kier alpha value is -2.57. The van der Waals surface area contributed by atoms with Crippen LogP contribution >= 0.6 is 0 Å². The molecule has 0 aliphatic heterocycles. The SMILES string of the molecule is CCOC(=O)CCc1ccc(C(F)(F)F)nc1-c1cccc(OC)c1. The molecule has 0 fully saturated rings. The van der Waals surface area contributed by atoms with Gasteiger partial charge in [-0.1, -0.05) is 18.2 Å². The quantitative estimate of drug-likeness (QED) is 0.728. The van der Waals surface area contributed by atoms with Crippen LogP contribution in [0.3, 0.4) is 0 Å². The molecule has 0 aliphatic carbocycles. The third kappa shape index (κ3) is 4.95. The Morgan fingerprint density at radius 3 is 2.60 bits per heavy atom. The van der Waals surface area contributed by atoms with E-state index in [9.17, 15) is 18.0 Å². The van der Waals surface area contributed by atoms with Gasteiger partial charge in [-0.05, 0) is 37.1 Å². The van der Waals surface area contributed by atoms with Crippen LogP contribution in [0.25, 0.3) is 11.3 Å². The molecule has 2 aromatic rings. The summed E-state index contributed by atoms with van der Waals surface area (Å²) in [6.45, 7) is 1.95. The van der Waals surface area contributed by atoms with Crippen LogP contribution in [0.2, 0.25) is 0 Å². The molecule has 0 amide bonds. The number of pyridine rings is 1. The van der Waals surface area contributed by atoms with E-state index in [-0.39, 0.29) is 25.1 Å². The summed E-state index contributed by atoms with van der Waals surface area (Å²) in [6, 6.07) is 8.89. The Balaban J connectivity index is 2.42. The first-order chi connectivity index (χ1) is 11.8. The van der Waals surface area contributed by atoms with Gasteiger partial charge in [0.05, 0.1) is 19.4 Å². The maximum Gasteiger partial charge on any atom is 0.433 e. The van der Waals surface area contributed by atoms with Gasteiger partial charge in [0.2, 0.25) is 0 Å². The summed E-state index contributed by atoms with van der Waals surface area (Å²) in [5, 5.41) is 0. The smallest absolute Gasteiger partial charge is 0.433 e. The minimum Gasteiger partial charge on any atom is -0.497 e. The standard InChI is InChI=1S/C18H18F3NO3/c1-3-25-16(23)10-8-12-7-9-15(18(19,20)21)22-17(12)13-5-4-6-14(11-13)24-2/h4-7,9,11H,3,8,10H2,1-2H3. The molecule has 0 spiro atoms. The third-order valence-corrected chi connectivity index (χ3v) is 3.52. The van der Waals surface area contributed by atoms with Gasteiger partial charge >= 0.3 is 12.1 Å². The van der Waals surface area contributed by atoms with E-state index in [1.54, 1.807) is 31.2 Å². The Morgan fingerprint density at radius 1 is 1.20 bits per heavy atom.